The Morgan fingerprint density at radius 3 is 2.52 bits per heavy atom. The first-order valence-electron chi connectivity index (χ1n) is 6.85. The van der Waals surface area contributed by atoms with Crippen LogP contribution in [0.5, 0.6) is 0 Å². The third-order valence-electron chi connectivity index (χ3n) is 3.69. The van der Waals surface area contributed by atoms with Crippen molar-refractivity contribution in [2.24, 2.45) is 11.7 Å². The molecule has 1 saturated carbocycles. The van der Waals surface area contributed by atoms with Gasteiger partial charge in [0.1, 0.15) is 17.6 Å². The molecule has 21 heavy (non-hydrogen) atoms. The maximum Gasteiger partial charge on any atom is 0.251 e. The predicted octanol–water partition coefficient (Wildman–Crippen LogP) is 1.17. The number of rotatable bonds is 4. The fourth-order valence-corrected chi connectivity index (χ4v) is 2.59. The van der Waals surface area contributed by atoms with Gasteiger partial charge in [0.2, 0.25) is 5.91 Å². The molecule has 0 aromatic heterocycles. The van der Waals surface area contributed by atoms with Gasteiger partial charge in [-0.15, -0.1) is 0 Å². The van der Waals surface area contributed by atoms with Gasteiger partial charge in [0.15, 0.2) is 0 Å². The summed E-state index contributed by atoms with van der Waals surface area (Å²) >= 11 is 0. The van der Waals surface area contributed by atoms with Gasteiger partial charge in [-0.1, -0.05) is 0 Å². The number of amides is 2. The lowest BCUT2D eigenvalue weighted by Crippen LogP contribution is -2.50. The number of carbonyl (C=O) groups excluding carboxylic acids is 3. The second kappa shape index (κ2) is 6.47. The largest absolute Gasteiger partial charge is 0.368 e. The van der Waals surface area contributed by atoms with Gasteiger partial charge >= 0.3 is 0 Å². The van der Waals surface area contributed by atoms with Crippen LogP contribution in [0.2, 0.25) is 0 Å². The number of carbonyl (C=O) groups is 3. The molecule has 3 N–H and O–H groups in total. The van der Waals surface area contributed by atoms with E-state index in [1.165, 1.54) is 24.3 Å². The van der Waals surface area contributed by atoms with E-state index in [-0.39, 0.29) is 23.7 Å². The molecular formula is C15H17FN2O3. The average Bonchev–Trinajstić information content (AvgIpc) is 2.45. The van der Waals surface area contributed by atoms with Gasteiger partial charge in [0.25, 0.3) is 5.91 Å². The van der Waals surface area contributed by atoms with Crippen molar-refractivity contribution in [3.8, 4) is 0 Å². The molecule has 0 bridgehead atoms. The van der Waals surface area contributed by atoms with E-state index in [2.05, 4.69) is 5.32 Å². The lowest BCUT2D eigenvalue weighted by molar-refractivity contribution is -0.124. The molecule has 112 valence electrons. The highest BCUT2D eigenvalue weighted by molar-refractivity contribution is 5.97. The topological polar surface area (TPSA) is 89.3 Å². The molecule has 2 rings (SSSR count). The van der Waals surface area contributed by atoms with E-state index in [0.717, 1.165) is 0 Å². The monoisotopic (exact) mass is 292 g/mol. The van der Waals surface area contributed by atoms with Gasteiger partial charge in [-0.3, -0.25) is 14.4 Å². The summed E-state index contributed by atoms with van der Waals surface area (Å²) < 4.78 is 12.8. The Morgan fingerprint density at radius 2 is 1.95 bits per heavy atom. The Bertz CT molecular complexity index is 557. The summed E-state index contributed by atoms with van der Waals surface area (Å²) in [6.45, 7) is 0. The molecule has 5 nitrogen and oxygen atoms in total. The summed E-state index contributed by atoms with van der Waals surface area (Å²) in [4.78, 5) is 35.1. The normalized spacial score (nSPS) is 19.9. The number of ketones is 1. The Morgan fingerprint density at radius 1 is 1.29 bits per heavy atom. The van der Waals surface area contributed by atoms with Crippen LogP contribution >= 0.6 is 0 Å². The smallest absolute Gasteiger partial charge is 0.251 e. The molecule has 6 heteroatoms. The van der Waals surface area contributed by atoms with Crippen LogP contribution in [0, 0.1) is 11.7 Å². The fraction of sp³-hybridized carbons (Fsp3) is 0.400. The fourth-order valence-electron chi connectivity index (χ4n) is 2.59. The van der Waals surface area contributed by atoms with Gasteiger partial charge < -0.3 is 11.1 Å². The van der Waals surface area contributed by atoms with E-state index in [0.29, 0.717) is 19.3 Å². The summed E-state index contributed by atoms with van der Waals surface area (Å²) in [5.41, 5.74) is 5.58. The van der Waals surface area contributed by atoms with E-state index in [9.17, 15) is 18.8 Å². The Labute approximate surface area is 121 Å². The number of Topliss-reactive ketones (excluding diaryl/α,β-unsaturated/α-hetero) is 1. The van der Waals surface area contributed by atoms with Crippen LogP contribution in [-0.2, 0) is 9.59 Å². The van der Waals surface area contributed by atoms with Gasteiger partial charge in [0, 0.05) is 18.4 Å². The van der Waals surface area contributed by atoms with Crippen molar-refractivity contribution in [3.05, 3.63) is 35.6 Å². The van der Waals surface area contributed by atoms with E-state index < -0.39 is 23.7 Å². The van der Waals surface area contributed by atoms with Crippen LogP contribution in [0.1, 0.15) is 36.0 Å². The average molecular weight is 292 g/mol. The summed E-state index contributed by atoms with van der Waals surface area (Å²) in [7, 11) is 0. The molecule has 0 radical (unpaired) electrons. The first kappa shape index (κ1) is 15.2. The molecule has 1 aliphatic rings. The Balaban J connectivity index is 2.08. The first-order chi connectivity index (χ1) is 9.97. The van der Waals surface area contributed by atoms with Gasteiger partial charge in [-0.2, -0.15) is 0 Å². The summed E-state index contributed by atoms with van der Waals surface area (Å²) in [6, 6.07) is 4.10. The molecule has 2 atom stereocenters. The zero-order valence-electron chi connectivity index (χ0n) is 11.5. The highest BCUT2D eigenvalue weighted by atomic mass is 19.1. The Kier molecular flexibility index (Phi) is 4.67. The van der Waals surface area contributed by atoms with Crippen molar-refractivity contribution in [1.29, 1.82) is 0 Å². The van der Waals surface area contributed by atoms with Crippen LogP contribution in [0.3, 0.4) is 0 Å². The van der Waals surface area contributed by atoms with E-state index in [1.807, 2.05) is 0 Å². The predicted molar refractivity (Wildman–Crippen MR) is 73.8 cm³/mol. The van der Waals surface area contributed by atoms with Crippen LogP contribution in [0.4, 0.5) is 4.39 Å². The third-order valence-corrected chi connectivity index (χ3v) is 3.69. The highest BCUT2D eigenvalue weighted by Gasteiger charge is 2.32. The minimum absolute atomic E-state index is 0.0773. The number of hydrogen-bond donors (Lipinski definition) is 2. The minimum Gasteiger partial charge on any atom is -0.368 e. The summed E-state index contributed by atoms with van der Waals surface area (Å²) in [6.07, 6.45) is 2.12. The lowest BCUT2D eigenvalue weighted by Gasteiger charge is -2.28. The van der Waals surface area contributed by atoms with Crippen molar-refractivity contribution in [1.82, 2.24) is 5.32 Å². The summed E-state index contributed by atoms with van der Waals surface area (Å²) in [5, 5.41) is 2.55. The van der Waals surface area contributed by atoms with Crippen molar-refractivity contribution in [2.45, 2.75) is 31.7 Å². The molecule has 0 saturated heterocycles. The van der Waals surface area contributed by atoms with Crippen LogP contribution in [0.15, 0.2) is 24.3 Å². The van der Waals surface area contributed by atoms with Crippen molar-refractivity contribution in [2.75, 3.05) is 0 Å². The first-order valence-corrected chi connectivity index (χ1v) is 6.85. The molecular weight excluding hydrogens is 275 g/mol. The molecule has 1 aliphatic carbocycles. The maximum atomic E-state index is 12.8. The second-order valence-electron chi connectivity index (χ2n) is 5.26. The molecule has 0 aliphatic heterocycles. The van der Waals surface area contributed by atoms with Crippen LogP contribution in [0.25, 0.3) is 0 Å². The van der Waals surface area contributed by atoms with E-state index in [1.54, 1.807) is 0 Å². The molecule has 1 aromatic rings. The van der Waals surface area contributed by atoms with Crippen LogP contribution in [-0.4, -0.2) is 23.6 Å². The van der Waals surface area contributed by atoms with Crippen LogP contribution < -0.4 is 11.1 Å². The molecule has 0 unspecified atom stereocenters. The molecule has 1 aromatic carbocycles. The molecule has 1 fully saturated rings. The minimum atomic E-state index is -0.883. The Hall–Kier alpha value is -2.24. The molecule has 2 amide bonds. The SMILES string of the molecule is NC(=O)[C@H](NC(=O)c1ccc(F)cc1)[C@H]1CCCC(=O)C1. The van der Waals surface area contributed by atoms with Crippen molar-refractivity contribution in [3.63, 3.8) is 0 Å². The van der Waals surface area contributed by atoms with E-state index in [4.69, 9.17) is 5.73 Å². The zero-order valence-corrected chi connectivity index (χ0v) is 11.5. The number of halogens is 1. The van der Waals surface area contributed by atoms with Gasteiger partial charge in [-0.05, 0) is 43.0 Å². The third kappa shape index (κ3) is 3.87. The van der Waals surface area contributed by atoms with Crippen molar-refractivity contribution >= 4 is 17.6 Å². The highest BCUT2D eigenvalue weighted by Crippen LogP contribution is 2.24. The standard InChI is InChI=1S/C15H17FN2O3/c16-11-6-4-9(5-7-11)15(21)18-13(14(17)20)10-2-1-3-12(19)8-10/h4-7,10,13H,1-3,8H2,(H2,17,20)(H,18,21)/t10-,13+/m0/s1. The molecule has 0 heterocycles. The summed E-state index contributed by atoms with van der Waals surface area (Å²) in [5.74, 6) is -1.81. The van der Waals surface area contributed by atoms with Crippen molar-refractivity contribution < 1.29 is 18.8 Å². The van der Waals surface area contributed by atoms with Gasteiger partial charge in [0.05, 0.1) is 0 Å². The van der Waals surface area contributed by atoms with E-state index >= 15 is 0 Å². The lowest BCUT2D eigenvalue weighted by atomic mass is 9.82. The van der Waals surface area contributed by atoms with Gasteiger partial charge in [-0.25, -0.2) is 4.39 Å². The molecule has 0 spiro atoms. The number of benzene rings is 1. The zero-order chi connectivity index (χ0) is 15.4. The number of nitrogens with two attached hydrogens (primary N) is 1. The number of nitrogens with one attached hydrogen (secondary N) is 1. The number of primary amides is 1. The quantitative estimate of drug-likeness (QED) is 0.873. The number of hydrogen-bond acceptors (Lipinski definition) is 3. The maximum absolute atomic E-state index is 12.8. The second-order valence-corrected chi connectivity index (χ2v) is 5.26.